The van der Waals surface area contributed by atoms with Crippen LogP contribution in [0, 0.1) is 20.8 Å². The third-order valence-corrected chi connectivity index (χ3v) is 9.42. The van der Waals surface area contributed by atoms with Crippen molar-refractivity contribution < 1.29 is 9.59 Å². The van der Waals surface area contributed by atoms with Crippen molar-refractivity contribution in [3.05, 3.63) is 98.7 Å². The van der Waals surface area contributed by atoms with Gasteiger partial charge in [-0.3, -0.25) is 29.6 Å². The molecule has 0 bridgehead atoms. The molecule has 10 nitrogen and oxygen atoms in total. The third kappa shape index (κ3) is 6.35. The standard InChI is InChI=1S/C32H33ClN8O2S/c1-19-20(2)44-32-29(19)30(23-7-9-24(33)10-8-23)36-26(31-38-37-21(3)41(31)32)17-28(43)35-25-12-15-40(16-13-25)39-27(42)11-6-22-5-4-14-34-18-22/h4-11,14,18,25-26H,12-13,15-17H2,1-3H3,(H,35,43)(H,39,42)/b11-6+/t26-/m0/s1. The summed E-state index contributed by atoms with van der Waals surface area (Å²) in [4.78, 5) is 36.3. The van der Waals surface area contributed by atoms with Gasteiger partial charge in [-0.15, -0.1) is 21.5 Å². The molecule has 2 N–H and O–H groups in total. The largest absolute Gasteiger partial charge is 0.353 e. The molecule has 6 rings (SSSR count). The van der Waals surface area contributed by atoms with Crippen LogP contribution in [0.5, 0.6) is 0 Å². The molecule has 44 heavy (non-hydrogen) atoms. The molecule has 0 saturated carbocycles. The Morgan fingerprint density at radius 2 is 1.86 bits per heavy atom. The molecule has 0 spiro atoms. The van der Waals surface area contributed by atoms with E-state index in [0.717, 1.165) is 38.8 Å². The predicted molar refractivity (Wildman–Crippen MR) is 172 cm³/mol. The van der Waals surface area contributed by atoms with E-state index in [1.807, 2.05) is 52.9 Å². The number of rotatable bonds is 7. The van der Waals surface area contributed by atoms with Gasteiger partial charge in [-0.1, -0.05) is 29.8 Å². The Balaban J connectivity index is 1.14. The van der Waals surface area contributed by atoms with E-state index in [4.69, 9.17) is 16.6 Å². The second kappa shape index (κ2) is 12.8. The van der Waals surface area contributed by atoms with Crippen LogP contribution < -0.4 is 10.7 Å². The minimum Gasteiger partial charge on any atom is -0.353 e. The Bertz CT molecular complexity index is 1740. The fraction of sp³-hybridized carbons (Fsp3) is 0.312. The average Bonchev–Trinajstić information content (AvgIpc) is 3.50. The maximum Gasteiger partial charge on any atom is 0.258 e. The van der Waals surface area contributed by atoms with E-state index >= 15 is 0 Å². The Labute approximate surface area is 264 Å². The van der Waals surface area contributed by atoms with Gasteiger partial charge in [0, 0.05) is 58.6 Å². The second-order valence-corrected chi connectivity index (χ2v) is 12.7. The molecule has 226 valence electrons. The van der Waals surface area contributed by atoms with Crippen LogP contribution in [0.3, 0.4) is 0 Å². The first-order chi connectivity index (χ1) is 21.3. The molecule has 1 aromatic carbocycles. The number of amides is 2. The van der Waals surface area contributed by atoms with Crippen LogP contribution in [-0.4, -0.2) is 61.4 Å². The Morgan fingerprint density at radius 1 is 1.09 bits per heavy atom. The summed E-state index contributed by atoms with van der Waals surface area (Å²) < 4.78 is 2.05. The van der Waals surface area contributed by atoms with Gasteiger partial charge in [0.05, 0.1) is 12.1 Å². The lowest BCUT2D eigenvalue weighted by atomic mass is 9.99. The number of piperidine rings is 1. The van der Waals surface area contributed by atoms with Gasteiger partial charge in [-0.05, 0) is 69.0 Å². The molecule has 0 unspecified atom stereocenters. The first-order valence-electron chi connectivity index (χ1n) is 14.6. The van der Waals surface area contributed by atoms with Crippen molar-refractivity contribution >= 4 is 46.5 Å². The van der Waals surface area contributed by atoms with E-state index in [1.54, 1.807) is 29.8 Å². The summed E-state index contributed by atoms with van der Waals surface area (Å²) in [5.74, 6) is 1.12. The number of hydrogen-bond acceptors (Lipinski definition) is 8. The van der Waals surface area contributed by atoms with Gasteiger partial charge >= 0.3 is 0 Å². The zero-order chi connectivity index (χ0) is 30.8. The number of fused-ring (bicyclic) bond motifs is 3. The summed E-state index contributed by atoms with van der Waals surface area (Å²) in [6, 6.07) is 10.8. The number of carbonyl (C=O) groups excluding carboxylic acids is 2. The number of nitrogens with one attached hydrogen (secondary N) is 2. The molecule has 2 amide bonds. The number of hydrogen-bond donors (Lipinski definition) is 2. The topological polar surface area (TPSA) is 117 Å². The molecule has 5 heterocycles. The van der Waals surface area contributed by atoms with Gasteiger partial charge in [-0.2, -0.15) is 0 Å². The summed E-state index contributed by atoms with van der Waals surface area (Å²) in [7, 11) is 0. The molecule has 2 aliphatic heterocycles. The zero-order valence-electron chi connectivity index (χ0n) is 24.7. The van der Waals surface area contributed by atoms with Crippen molar-refractivity contribution in [2.45, 2.75) is 52.1 Å². The molecule has 1 saturated heterocycles. The van der Waals surface area contributed by atoms with Gasteiger partial charge in [-0.25, -0.2) is 5.01 Å². The van der Waals surface area contributed by atoms with Gasteiger partial charge in [0.2, 0.25) is 5.91 Å². The number of pyridine rings is 1. The fourth-order valence-corrected chi connectivity index (χ4v) is 6.91. The minimum atomic E-state index is -0.521. The number of benzene rings is 1. The van der Waals surface area contributed by atoms with Gasteiger partial charge in [0.25, 0.3) is 5.91 Å². The summed E-state index contributed by atoms with van der Waals surface area (Å²) in [6.07, 6.45) is 8.19. The number of aryl methyl sites for hydroxylation is 2. The maximum atomic E-state index is 13.5. The SMILES string of the molecule is Cc1sc2c(c1C)C(c1ccc(Cl)cc1)=N[C@@H](CC(=O)NC1CCN(NC(=O)/C=C/c3cccnc3)CC1)c1nnc(C)n1-2. The Hall–Kier alpha value is -4.19. The number of thiophene rings is 1. The predicted octanol–water partition coefficient (Wildman–Crippen LogP) is 4.91. The molecule has 12 heteroatoms. The molecular weight excluding hydrogens is 596 g/mol. The maximum absolute atomic E-state index is 13.5. The fourth-order valence-electron chi connectivity index (χ4n) is 5.57. The van der Waals surface area contributed by atoms with Crippen molar-refractivity contribution in [1.29, 1.82) is 0 Å². The minimum absolute atomic E-state index is 0.00167. The smallest absolute Gasteiger partial charge is 0.258 e. The van der Waals surface area contributed by atoms with Crippen molar-refractivity contribution in [3.8, 4) is 5.00 Å². The summed E-state index contributed by atoms with van der Waals surface area (Å²) >= 11 is 7.90. The van der Waals surface area contributed by atoms with E-state index in [2.05, 4.69) is 39.8 Å². The van der Waals surface area contributed by atoms with Gasteiger partial charge in [0.15, 0.2) is 5.82 Å². The lowest BCUT2D eigenvalue weighted by molar-refractivity contribution is -0.124. The van der Waals surface area contributed by atoms with Crippen molar-refractivity contribution in [3.63, 3.8) is 0 Å². The number of hydrazine groups is 1. The normalized spacial score (nSPS) is 17.1. The van der Waals surface area contributed by atoms with Gasteiger partial charge < -0.3 is 5.32 Å². The van der Waals surface area contributed by atoms with Crippen molar-refractivity contribution in [1.82, 2.24) is 35.5 Å². The van der Waals surface area contributed by atoms with Crippen LogP contribution >= 0.6 is 22.9 Å². The lowest BCUT2D eigenvalue weighted by Crippen LogP contribution is -2.50. The molecule has 0 radical (unpaired) electrons. The van der Waals surface area contributed by atoms with Crippen molar-refractivity contribution in [2.24, 2.45) is 4.99 Å². The quantitative estimate of drug-likeness (QED) is 0.281. The average molecular weight is 629 g/mol. The first kappa shape index (κ1) is 29.9. The van der Waals surface area contributed by atoms with Crippen LogP contribution in [0.4, 0.5) is 0 Å². The zero-order valence-corrected chi connectivity index (χ0v) is 26.3. The Morgan fingerprint density at radius 3 is 2.59 bits per heavy atom. The molecule has 1 fully saturated rings. The van der Waals surface area contributed by atoms with E-state index in [-0.39, 0.29) is 24.3 Å². The molecule has 0 aliphatic carbocycles. The van der Waals surface area contributed by atoms with Gasteiger partial charge in [0.1, 0.15) is 16.9 Å². The molecule has 1 atom stereocenters. The molecule has 4 aromatic rings. The number of carbonyl (C=O) groups is 2. The van der Waals surface area contributed by atoms with Crippen LogP contribution in [0.25, 0.3) is 11.1 Å². The van der Waals surface area contributed by atoms with E-state index < -0.39 is 6.04 Å². The number of halogens is 1. The van der Waals surface area contributed by atoms with Crippen LogP contribution in [0.2, 0.25) is 5.02 Å². The lowest BCUT2D eigenvalue weighted by Gasteiger charge is -2.32. The van der Waals surface area contributed by atoms with E-state index in [0.29, 0.717) is 36.8 Å². The number of aromatic nitrogens is 4. The summed E-state index contributed by atoms with van der Waals surface area (Å²) in [5.41, 5.74) is 7.71. The highest BCUT2D eigenvalue weighted by Crippen LogP contribution is 2.39. The molecule has 3 aromatic heterocycles. The summed E-state index contributed by atoms with van der Waals surface area (Å²) in [6.45, 7) is 7.40. The van der Waals surface area contributed by atoms with Crippen LogP contribution in [0.1, 0.15) is 64.1 Å². The highest BCUT2D eigenvalue weighted by molar-refractivity contribution is 7.15. The summed E-state index contributed by atoms with van der Waals surface area (Å²) in [5, 5.41) is 15.6. The van der Waals surface area contributed by atoms with Crippen LogP contribution in [-0.2, 0) is 9.59 Å². The van der Waals surface area contributed by atoms with Crippen LogP contribution in [0.15, 0.2) is 59.9 Å². The Kier molecular flexibility index (Phi) is 8.69. The monoisotopic (exact) mass is 628 g/mol. The highest BCUT2D eigenvalue weighted by atomic mass is 35.5. The van der Waals surface area contributed by atoms with E-state index in [9.17, 15) is 9.59 Å². The number of aliphatic imine (C=N–C) groups is 1. The first-order valence-corrected chi connectivity index (χ1v) is 15.8. The second-order valence-electron chi connectivity index (χ2n) is 11.0. The number of nitrogens with zero attached hydrogens (tertiary/aromatic N) is 6. The third-order valence-electron chi connectivity index (χ3n) is 7.98. The van der Waals surface area contributed by atoms with Crippen molar-refractivity contribution in [2.75, 3.05) is 13.1 Å². The van der Waals surface area contributed by atoms with E-state index in [1.165, 1.54) is 11.0 Å². The highest BCUT2D eigenvalue weighted by Gasteiger charge is 2.33. The molecular formula is C32H33ClN8O2S. The molecule has 2 aliphatic rings.